The van der Waals surface area contributed by atoms with Gasteiger partial charge in [0.1, 0.15) is 5.02 Å². The zero-order chi connectivity index (χ0) is 13.2. The Bertz CT molecular complexity index is 795. The number of aromatic nitrogens is 3. The van der Waals surface area contributed by atoms with Crippen molar-refractivity contribution < 1.29 is 0 Å². The van der Waals surface area contributed by atoms with E-state index in [1.54, 1.807) is 12.4 Å². The third-order valence-electron chi connectivity index (χ3n) is 2.73. The Labute approximate surface area is 113 Å². The van der Waals surface area contributed by atoms with Crippen molar-refractivity contribution in [1.29, 1.82) is 0 Å². The van der Waals surface area contributed by atoms with Crippen molar-refractivity contribution in [3.63, 3.8) is 0 Å². The van der Waals surface area contributed by atoms with Gasteiger partial charge in [-0.05, 0) is 12.1 Å². The fraction of sp³-hybridized carbons (Fsp3) is 0. The second kappa shape index (κ2) is 4.70. The van der Waals surface area contributed by atoms with Crippen molar-refractivity contribution in [3.05, 3.63) is 58.4 Å². The molecule has 2 heterocycles. The molecule has 2 N–H and O–H groups in total. The lowest BCUT2D eigenvalue weighted by molar-refractivity contribution is 1.12. The number of benzene rings is 1. The van der Waals surface area contributed by atoms with E-state index in [9.17, 15) is 4.79 Å². The summed E-state index contributed by atoms with van der Waals surface area (Å²) in [6, 6.07) is 7.63. The third kappa shape index (κ3) is 2.15. The zero-order valence-corrected chi connectivity index (χ0v) is 10.5. The molecule has 0 atom stereocenters. The molecule has 94 valence electrons. The Morgan fingerprint density at radius 1 is 1.26 bits per heavy atom. The first kappa shape index (κ1) is 11.7. The molecule has 0 saturated carbocycles. The normalized spacial score (nSPS) is 10.6. The van der Waals surface area contributed by atoms with E-state index in [1.165, 1.54) is 6.33 Å². The number of fused-ring (bicyclic) bond motifs is 1. The molecule has 0 bridgehead atoms. The molecule has 0 radical (unpaired) electrons. The van der Waals surface area contributed by atoms with Crippen molar-refractivity contribution in [2.75, 3.05) is 5.32 Å². The molecule has 0 aliphatic heterocycles. The zero-order valence-electron chi connectivity index (χ0n) is 9.72. The first-order valence-corrected chi connectivity index (χ1v) is 5.96. The van der Waals surface area contributed by atoms with Crippen LogP contribution < -0.4 is 10.9 Å². The molecule has 0 aliphatic carbocycles. The second-order valence-corrected chi connectivity index (χ2v) is 4.30. The molecule has 0 amide bonds. The van der Waals surface area contributed by atoms with E-state index >= 15 is 0 Å². The topological polar surface area (TPSA) is 70.7 Å². The minimum atomic E-state index is -0.374. The van der Waals surface area contributed by atoms with Gasteiger partial charge >= 0.3 is 0 Å². The summed E-state index contributed by atoms with van der Waals surface area (Å²) in [5, 5.41) is 5.08. The first-order valence-electron chi connectivity index (χ1n) is 5.58. The fourth-order valence-corrected chi connectivity index (χ4v) is 1.98. The third-order valence-corrected chi connectivity index (χ3v) is 3.08. The minimum Gasteiger partial charge on any atom is -0.338 e. The van der Waals surface area contributed by atoms with Gasteiger partial charge in [0.05, 0.1) is 6.33 Å². The van der Waals surface area contributed by atoms with Gasteiger partial charge in [0.25, 0.3) is 5.56 Å². The summed E-state index contributed by atoms with van der Waals surface area (Å²) >= 11 is 5.91. The maximum Gasteiger partial charge on any atom is 0.271 e. The first-order chi connectivity index (χ1) is 9.25. The number of rotatable bonds is 2. The SMILES string of the molecule is O=c1[nH]cnc(Nc2cccc3cnccc23)c1Cl. The summed E-state index contributed by atoms with van der Waals surface area (Å²) in [6.45, 7) is 0. The number of nitrogens with one attached hydrogen (secondary N) is 2. The molecule has 0 spiro atoms. The van der Waals surface area contributed by atoms with Crippen LogP contribution in [-0.4, -0.2) is 15.0 Å². The number of nitrogens with zero attached hydrogens (tertiary/aromatic N) is 2. The maximum atomic E-state index is 11.4. The maximum absolute atomic E-state index is 11.4. The molecular formula is C13H9ClN4O. The minimum absolute atomic E-state index is 0.0357. The number of anilines is 2. The highest BCUT2D eigenvalue weighted by atomic mass is 35.5. The van der Waals surface area contributed by atoms with E-state index in [1.807, 2.05) is 24.3 Å². The summed E-state index contributed by atoms with van der Waals surface area (Å²) in [5.41, 5.74) is 0.445. The highest BCUT2D eigenvalue weighted by Crippen LogP contribution is 2.26. The van der Waals surface area contributed by atoms with Gasteiger partial charge in [-0.25, -0.2) is 4.98 Å². The molecule has 0 saturated heterocycles. The number of H-pyrrole nitrogens is 1. The number of hydrogen-bond donors (Lipinski definition) is 2. The monoisotopic (exact) mass is 272 g/mol. The Hall–Kier alpha value is -2.40. The van der Waals surface area contributed by atoms with E-state index < -0.39 is 0 Å². The van der Waals surface area contributed by atoms with Crippen LogP contribution in [0, 0.1) is 0 Å². The van der Waals surface area contributed by atoms with Crippen LogP contribution in [0.4, 0.5) is 11.5 Å². The average Bonchev–Trinajstić information content (AvgIpc) is 2.44. The molecule has 3 rings (SSSR count). The van der Waals surface area contributed by atoms with E-state index in [0.717, 1.165) is 16.5 Å². The fourth-order valence-electron chi connectivity index (χ4n) is 1.83. The molecule has 2 aromatic heterocycles. The lowest BCUT2D eigenvalue weighted by Crippen LogP contribution is -2.09. The number of halogens is 1. The molecule has 19 heavy (non-hydrogen) atoms. The van der Waals surface area contributed by atoms with Crippen LogP contribution in [0.5, 0.6) is 0 Å². The van der Waals surface area contributed by atoms with E-state index in [-0.39, 0.29) is 10.6 Å². The van der Waals surface area contributed by atoms with Gasteiger partial charge in [-0.2, -0.15) is 0 Å². The Balaban J connectivity index is 2.11. The van der Waals surface area contributed by atoms with Crippen LogP contribution >= 0.6 is 11.6 Å². The van der Waals surface area contributed by atoms with Gasteiger partial charge in [0.2, 0.25) is 0 Å². The number of hydrogen-bond acceptors (Lipinski definition) is 4. The van der Waals surface area contributed by atoms with Crippen LogP contribution in [-0.2, 0) is 0 Å². The quantitative estimate of drug-likeness (QED) is 0.752. The van der Waals surface area contributed by atoms with Crippen molar-refractivity contribution >= 4 is 33.9 Å². The van der Waals surface area contributed by atoms with Crippen LogP contribution in [0.2, 0.25) is 5.02 Å². The largest absolute Gasteiger partial charge is 0.338 e. The van der Waals surface area contributed by atoms with E-state index in [4.69, 9.17) is 11.6 Å². The molecule has 5 nitrogen and oxygen atoms in total. The summed E-state index contributed by atoms with van der Waals surface area (Å²) in [5.74, 6) is 0.328. The molecule has 0 unspecified atom stereocenters. The van der Waals surface area contributed by atoms with Crippen LogP contribution in [0.25, 0.3) is 10.8 Å². The molecule has 1 aromatic carbocycles. The highest BCUT2D eigenvalue weighted by Gasteiger charge is 2.07. The Morgan fingerprint density at radius 3 is 3.05 bits per heavy atom. The number of pyridine rings is 1. The van der Waals surface area contributed by atoms with Crippen molar-refractivity contribution in [2.24, 2.45) is 0 Å². The standard InChI is InChI=1S/C13H9ClN4O/c14-11-12(16-7-17-13(11)19)18-10-3-1-2-8-6-15-5-4-9(8)10/h1-7H,(H2,16,17,18,19). The van der Waals surface area contributed by atoms with Crippen molar-refractivity contribution in [1.82, 2.24) is 15.0 Å². The summed E-state index contributed by atoms with van der Waals surface area (Å²) in [7, 11) is 0. The van der Waals surface area contributed by atoms with Crippen LogP contribution in [0.3, 0.4) is 0 Å². The molecular weight excluding hydrogens is 264 g/mol. The number of aromatic amines is 1. The molecule has 0 aliphatic rings. The summed E-state index contributed by atoms with van der Waals surface area (Å²) < 4.78 is 0. The van der Waals surface area contributed by atoms with E-state index in [0.29, 0.717) is 5.82 Å². The summed E-state index contributed by atoms with van der Waals surface area (Å²) in [6.07, 6.45) is 4.79. The van der Waals surface area contributed by atoms with Crippen molar-refractivity contribution in [3.8, 4) is 0 Å². The van der Waals surface area contributed by atoms with Gasteiger partial charge < -0.3 is 10.3 Å². The predicted molar refractivity (Wildman–Crippen MR) is 74.9 cm³/mol. The molecule has 0 fully saturated rings. The Morgan fingerprint density at radius 2 is 2.16 bits per heavy atom. The second-order valence-electron chi connectivity index (χ2n) is 3.92. The average molecular weight is 273 g/mol. The van der Waals surface area contributed by atoms with Gasteiger partial charge in [-0.15, -0.1) is 0 Å². The van der Waals surface area contributed by atoms with Crippen molar-refractivity contribution in [2.45, 2.75) is 0 Å². The van der Waals surface area contributed by atoms with Crippen LogP contribution in [0.15, 0.2) is 47.8 Å². The van der Waals surface area contributed by atoms with E-state index in [2.05, 4.69) is 20.3 Å². The lowest BCUT2D eigenvalue weighted by Gasteiger charge is -2.09. The smallest absolute Gasteiger partial charge is 0.271 e. The molecule has 6 heteroatoms. The lowest BCUT2D eigenvalue weighted by atomic mass is 10.1. The van der Waals surface area contributed by atoms with Gasteiger partial charge in [-0.1, -0.05) is 23.7 Å². The van der Waals surface area contributed by atoms with Gasteiger partial charge in [0, 0.05) is 28.9 Å². The summed E-state index contributed by atoms with van der Waals surface area (Å²) in [4.78, 5) is 21.9. The molecule has 3 aromatic rings. The van der Waals surface area contributed by atoms with Gasteiger partial charge in [-0.3, -0.25) is 9.78 Å². The highest BCUT2D eigenvalue weighted by molar-refractivity contribution is 6.32. The van der Waals surface area contributed by atoms with Crippen LogP contribution in [0.1, 0.15) is 0 Å². The van der Waals surface area contributed by atoms with Gasteiger partial charge in [0.15, 0.2) is 5.82 Å². The Kier molecular flexibility index (Phi) is 2.89. The predicted octanol–water partition coefficient (Wildman–Crippen LogP) is 2.72.